The largest absolute Gasteiger partial charge is 0.375 e. The van der Waals surface area contributed by atoms with Crippen molar-refractivity contribution in [3.05, 3.63) is 0 Å². The van der Waals surface area contributed by atoms with Crippen molar-refractivity contribution in [3.63, 3.8) is 0 Å². The highest BCUT2D eigenvalue weighted by Gasteiger charge is 2.38. The van der Waals surface area contributed by atoms with Gasteiger partial charge in [0.1, 0.15) is 0 Å². The lowest BCUT2D eigenvalue weighted by molar-refractivity contribution is -0.0725. The van der Waals surface area contributed by atoms with Crippen LogP contribution in [0, 0.1) is 5.92 Å². The zero-order chi connectivity index (χ0) is 13.7. The minimum absolute atomic E-state index is 0.526. The maximum Gasteiger partial charge on any atom is 0.0731 e. The van der Waals surface area contributed by atoms with E-state index in [0.29, 0.717) is 18.2 Å². The highest BCUT2D eigenvalue weighted by atomic mass is 16.5. The van der Waals surface area contributed by atoms with Gasteiger partial charge in [-0.1, -0.05) is 27.2 Å². The number of nitrogens with one attached hydrogen (secondary N) is 1. The van der Waals surface area contributed by atoms with E-state index >= 15 is 0 Å². The third-order valence-electron chi connectivity index (χ3n) is 4.55. The van der Waals surface area contributed by atoms with Crippen molar-refractivity contribution in [1.29, 1.82) is 0 Å². The standard InChI is InChI=1S/C16H32N2O/c1-4-6-14(12-17-11-13(2)3)18-9-10-19-16-8-5-7-15(16)18/h13-17H,4-12H2,1-3H3. The van der Waals surface area contributed by atoms with Crippen molar-refractivity contribution in [2.24, 2.45) is 5.92 Å². The molecule has 112 valence electrons. The summed E-state index contributed by atoms with van der Waals surface area (Å²) in [5.74, 6) is 0.742. The van der Waals surface area contributed by atoms with Gasteiger partial charge in [0.15, 0.2) is 0 Å². The molecule has 2 aliphatic rings. The summed E-state index contributed by atoms with van der Waals surface area (Å²) in [4.78, 5) is 2.76. The quantitative estimate of drug-likeness (QED) is 0.768. The number of hydrogen-bond donors (Lipinski definition) is 1. The maximum absolute atomic E-state index is 5.94. The van der Waals surface area contributed by atoms with Crippen molar-refractivity contribution < 1.29 is 4.74 Å². The van der Waals surface area contributed by atoms with E-state index in [1.54, 1.807) is 0 Å². The Kier molecular flexibility index (Phi) is 6.11. The van der Waals surface area contributed by atoms with E-state index in [0.717, 1.165) is 32.2 Å². The number of fused-ring (bicyclic) bond motifs is 1. The summed E-state index contributed by atoms with van der Waals surface area (Å²) in [5, 5.41) is 3.66. The number of nitrogens with zero attached hydrogens (tertiary/aromatic N) is 1. The molecular weight excluding hydrogens is 236 g/mol. The molecule has 1 aliphatic heterocycles. The van der Waals surface area contributed by atoms with Crippen LogP contribution in [0.3, 0.4) is 0 Å². The summed E-state index contributed by atoms with van der Waals surface area (Å²) < 4.78 is 5.94. The van der Waals surface area contributed by atoms with Gasteiger partial charge in [0.2, 0.25) is 0 Å². The lowest BCUT2D eigenvalue weighted by Crippen LogP contribution is -2.55. The third kappa shape index (κ3) is 4.17. The van der Waals surface area contributed by atoms with Crippen LogP contribution in [0.25, 0.3) is 0 Å². The van der Waals surface area contributed by atoms with Crippen LogP contribution in [0.1, 0.15) is 52.9 Å². The Balaban J connectivity index is 1.89. The van der Waals surface area contributed by atoms with Crippen molar-refractivity contribution in [3.8, 4) is 0 Å². The van der Waals surface area contributed by atoms with E-state index in [2.05, 4.69) is 31.0 Å². The van der Waals surface area contributed by atoms with Crippen molar-refractivity contribution in [2.45, 2.75) is 71.1 Å². The van der Waals surface area contributed by atoms with E-state index in [1.807, 2.05) is 0 Å². The Morgan fingerprint density at radius 1 is 1.26 bits per heavy atom. The summed E-state index contributed by atoms with van der Waals surface area (Å²) >= 11 is 0. The zero-order valence-corrected chi connectivity index (χ0v) is 13.0. The molecule has 3 heteroatoms. The molecule has 1 aliphatic carbocycles. The monoisotopic (exact) mass is 268 g/mol. The topological polar surface area (TPSA) is 24.5 Å². The first-order valence-corrected chi connectivity index (χ1v) is 8.30. The lowest BCUT2D eigenvalue weighted by Gasteiger charge is -2.43. The molecule has 0 spiro atoms. The van der Waals surface area contributed by atoms with Crippen molar-refractivity contribution >= 4 is 0 Å². The summed E-state index contributed by atoms with van der Waals surface area (Å²) in [7, 11) is 0. The number of morpholine rings is 1. The van der Waals surface area contributed by atoms with Gasteiger partial charge < -0.3 is 10.1 Å². The average Bonchev–Trinajstić information content (AvgIpc) is 2.85. The number of hydrogen-bond acceptors (Lipinski definition) is 3. The van der Waals surface area contributed by atoms with E-state index in [-0.39, 0.29) is 0 Å². The highest BCUT2D eigenvalue weighted by molar-refractivity contribution is 4.92. The van der Waals surface area contributed by atoms with Crippen LogP contribution in [-0.2, 0) is 4.74 Å². The Labute approximate surface area is 119 Å². The molecule has 2 rings (SSSR count). The van der Waals surface area contributed by atoms with Gasteiger partial charge >= 0.3 is 0 Å². The first-order chi connectivity index (χ1) is 9.22. The molecule has 3 nitrogen and oxygen atoms in total. The minimum Gasteiger partial charge on any atom is -0.375 e. The molecule has 0 aromatic rings. The van der Waals surface area contributed by atoms with Gasteiger partial charge in [0.25, 0.3) is 0 Å². The average molecular weight is 268 g/mol. The van der Waals surface area contributed by atoms with Crippen LogP contribution >= 0.6 is 0 Å². The van der Waals surface area contributed by atoms with Gasteiger partial charge in [0, 0.05) is 25.2 Å². The predicted molar refractivity (Wildman–Crippen MR) is 80.5 cm³/mol. The van der Waals surface area contributed by atoms with Crippen LogP contribution < -0.4 is 5.32 Å². The fraction of sp³-hybridized carbons (Fsp3) is 1.00. The van der Waals surface area contributed by atoms with Crippen molar-refractivity contribution in [1.82, 2.24) is 10.2 Å². The van der Waals surface area contributed by atoms with E-state index in [9.17, 15) is 0 Å². The van der Waals surface area contributed by atoms with E-state index < -0.39 is 0 Å². The smallest absolute Gasteiger partial charge is 0.0731 e. The third-order valence-corrected chi connectivity index (χ3v) is 4.55. The number of ether oxygens (including phenoxy) is 1. The van der Waals surface area contributed by atoms with Gasteiger partial charge in [-0.15, -0.1) is 0 Å². The highest BCUT2D eigenvalue weighted by Crippen LogP contribution is 2.31. The maximum atomic E-state index is 5.94. The fourth-order valence-electron chi connectivity index (χ4n) is 3.67. The second kappa shape index (κ2) is 7.61. The molecule has 0 aromatic carbocycles. The molecule has 0 radical (unpaired) electrons. The first kappa shape index (κ1) is 15.3. The van der Waals surface area contributed by atoms with Crippen LogP contribution in [0.15, 0.2) is 0 Å². The molecule has 1 N–H and O–H groups in total. The minimum atomic E-state index is 0.526. The molecule has 0 amide bonds. The fourth-order valence-corrected chi connectivity index (χ4v) is 3.67. The van der Waals surface area contributed by atoms with Crippen LogP contribution in [0.2, 0.25) is 0 Å². The van der Waals surface area contributed by atoms with Gasteiger partial charge in [-0.25, -0.2) is 0 Å². The Morgan fingerprint density at radius 2 is 2.11 bits per heavy atom. The van der Waals surface area contributed by atoms with Gasteiger partial charge in [-0.2, -0.15) is 0 Å². The van der Waals surface area contributed by atoms with E-state index in [1.165, 1.54) is 32.1 Å². The summed E-state index contributed by atoms with van der Waals surface area (Å²) in [5.41, 5.74) is 0. The molecule has 1 heterocycles. The Morgan fingerprint density at radius 3 is 2.84 bits per heavy atom. The normalized spacial score (nSPS) is 29.7. The summed E-state index contributed by atoms with van der Waals surface area (Å²) in [6, 6.07) is 1.41. The summed E-state index contributed by atoms with van der Waals surface area (Å²) in [6.07, 6.45) is 7.09. The lowest BCUT2D eigenvalue weighted by atomic mass is 10.0. The van der Waals surface area contributed by atoms with Gasteiger partial charge in [-0.05, 0) is 38.1 Å². The second-order valence-corrected chi connectivity index (χ2v) is 6.64. The SMILES string of the molecule is CCCC(CNCC(C)C)N1CCOC2CCCC21. The predicted octanol–water partition coefficient (Wildman–Crippen LogP) is 2.65. The van der Waals surface area contributed by atoms with Crippen LogP contribution in [0.4, 0.5) is 0 Å². The van der Waals surface area contributed by atoms with Gasteiger partial charge in [0.05, 0.1) is 12.7 Å². The van der Waals surface area contributed by atoms with Gasteiger partial charge in [-0.3, -0.25) is 4.90 Å². The molecule has 0 aromatic heterocycles. The molecule has 0 bridgehead atoms. The molecule has 1 saturated heterocycles. The Hall–Kier alpha value is -0.120. The van der Waals surface area contributed by atoms with Crippen molar-refractivity contribution in [2.75, 3.05) is 26.2 Å². The van der Waals surface area contributed by atoms with Crippen LogP contribution in [0.5, 0.6) is 0 Å². The number of rotatable bonds is 7. The molecule has 2 fully saturated rings. The second-order valence-electron chi connectivity index (χ2n) is 6.64. The Bertz CT molecular complexity index is 257. The summed E-state index contributed by atoms with van der Waals surface area (Å²) in [6.45, 7) is 11.2. The zero-order valence-electron chi connectivity index (χ0n) is 13.0. The van der Waals surface area contributed by atoms with E-state index in [4.69, 9.17) is 4.74 Å². The first-order valence-electron chi connectivity index (χ1n) is 8.30. The van der Waals surface area contributed by atoms with Crippen LogP contribution in [-0.4, -0.2) is 49.3 Å². The molecular formula is C16H32N2O. The molecule has 1 saturated carbocycles. The molecule has 3 unspecified atom stereocenters. The molecule has 3 atom stereocenters. The molecule has 19 heavy (non-hydrogen) atoms.